The highest BCUT2D eigenvalue weighted by Gasteiger charge is 2.14. The van der Waals surface area contributed by atoms with E-state index in [1.807, 2.05) is 19.1 Å². The summed E-state index contributed by atoms with van der Waals surface area (Å²) in [5, 5.41) is 10.8. The average Bonchev–Trinajstić information content (AvgIpc) is 2.38. The summed E-state index contributed by atoms with van der Waals surface area (Å²) < 4.78 is 0. The van der Waals surface area contributed by atoms with Gasteiger partial charge < -0.3 is 5.73 Å². The van der Waals surface area contributed by atoms with Crippen molar-refractivity contribution >= 4 is 5.69 Å². The Morgan fingerprint density at radius 1 is 1.33 bits per heavy atom. The van der Waals surface area contributed by atoms with E-state index in [1.165, 1.54) is 12.1 Å². The summed E-state index contributed by atoms with van der Waals surface area (Å²) >= 11 is 0. The Hall–Kier alpha value is -2.27. The molecule has 1 aromatic heterocycles. The fraction of sp³-hybridized carbons (Fsp3) is 0.154. The van der Waals surface area contributed by atoms with Crippen LogP contribution in [0.1, 0.15) is 22.7 Å². The van der Waals surface area contributed by atoms with Crippen molar-refractivity contribution in [2.45, 2.75) is 13.0 Å². The van der Waals surface area contributed by atoms with Crippen LogP contribution in [0.25, 0.3) is 0 Å². The van der Waals surface area contributed by atoms with E-state index in [2.05, 4.69) is 4.98 Å². The highest BCUT2D eigenvalue weighted by molar-refractivity contribution is 5.42. The van der Waals surface area contributed by atoms with Gasteiger partial charge in [-0.25, -0.2) is 0 Å². The van der Waals surface area contributed by atoms with Crippen LogP contribution in [-0.2, 0) is 0 Å². The molecule has 0 spiro atoms. The maximum atomic E-state index is 10.8. The molecule has 1 aromatic carbocycles. The van der Waals surface area contributed by atoms with Crippen LogP contribution in [0.15, 0.2) is 42.7 Å². The topological polar surface area (TPSA) is 82.0 Å². The van der Waals surface area contributed by atoms with Crippen molar-refractivity contribution in [3.8, 4) is 0 Å². The number of pyridine rings is 1. The molecule has 1 atom stereocenters. The lowest BCUT2D eigenvalue weighted by molar-refractivity contribution is -0.385. The minimum absolute atomic E-state index is 0.0596. The van der Waals surface area contributed by atoms with Crippen LogP contribution in [0.3, 0.4) is 0 Å². The predicted octanol–water partition coefficient (Wildman–Crippen LogP) is 2.35. The zero-order valence-corrected chi connectivity index (χ0v) is 9.91. The zero-order valence-electron chi connectivity index (χ0n) is 9.91. The highest BCUT2D eigenvalue weighted by Crippen LogP contribution is 2.24. The number of hydrogen-bond donors (Lipinski definition) is 1. The standard InChI is InChI=1S/C13H13N3O2/c1-9-5-11(7-12(6-9)16(17)18)13(14)10-3-2-4-15-8-10/h2-8,13H,14H2,1H3. The molecular formula is C13H13N3O2. The number of nitrogens with zero attached hydrogens (tertiary/aromatic N) is 2. The molecule has 0 radical (unpaired) electrons. The Morgan fingerprint density at radius 2 is 2.11 bits per heavy atom. The van der Waals surface area contributed by atoms with Crippen LogP contribution in [-0.4, -0.2) is 9.91 Å². The van der Waals surface area contributed by atoms with Gasteiger partial charge in [-0.15, -0.1) is 0 Å². The third-order valence-corrected chi connectivity index (χ3v) is 2.70. The third-order valence-electron chi connectivity index (χ3n) is 2.70. The van der Waals surface area contributed by atoms with E-state index in [1.54, 1.807) is 18.5 Å². The van der Waals surface area contributed by atoms with Crippen molar-refractivity contribution in [3.05, 3.63) is 69.5 Å². The molecule has 92 valence electrons. The molecule has 1 heterocycles. The molecule has 2 rings (SSSR count). The predicted molar refractivity (Wildman–Crippen MR) is 68.1 cm³/mol. The number of rotatable bonds is 3. The monoisotopic (exact) mass is 243 g/mol. The van der Waals surface area contributed by atoms with Crippen molar-refractivity contribution in [2.75, 3.05) is 0 Å². The first-order chi connectivity index (χ1) is 8.58. The first-order valence-electron chi connectivity index (χ1n) is 5.49. The molecule has 0 saturated heterocycles. The number of hydrogen-bond acceptors (Lipinski definition) is 4. The van der Waals surface area contributed by atoms with Crippen LogP contribution in [0, 0.1) is 17.0 Å². The van der Waals surface area contributed by atoms with Crippen molar-refractivity contribution in [2.24, 2.45) is 5.73 Å². The molecule has 0 aliphatic heterocycles. The second kappa shape index (κ2) is 4.93. The van der Waals surface area contributed by atoms with Crippen molar-refractivity contribution in [1.82, 2.24) is 4.98 Å². The zero-order chi connectivity index (χ0) is 13.1. The largest absolute Gasteiger partial charge is 0.320 e. The van der Waals surface area contributed by atoms with Crippen LogP contribution >= 0.6 is 0 Å². The lowest BCUT2D eigenvalue weighted by atomic mass is 9.99. The van der Waals surface area contributed by atoms with Crippen molar-refractivity contribution in [3.63, 3.8) is 0 Å². The van der Waals surface area contributed by atoms with Gasteiger partial charge in [0.15, 0.2) is 0 Å². The van der Waals surface area contributed by atoms with Gasteiger partial charge in [-0.05, 0) is 29.7 Å². The highest BCUT2D eigenvalue weighted by atomic mass is 16.6. The molecule has 1 unspecified atom stereocenters. The molecule has 0 amide bonds. The number of nitro groups is 1. The van der Waals surface area contributed by atoms with Gasteiger partial charge in [-0.3, -0.25) is 15.1 Å². The van der Waals surface area contributed by atoms with E-state index in [0.29, 0.717) is 0 Å². The van der Waals surface area contributed by atoms with Crippen LogP contribution in [0.4, 0.5) is 5.69 Å². The van der Waals surface area contributed by atoms with Gasteiger partial charge in [-0.1, -0.05) is 12.1 Å². The summed E-state index contributed by atoms with van der Waals surface area (Å²) in [5.74, 6) is 0. The fourth-order valence-electron chi connectivity index (χ4n) is 1.83. The number of aryl methyl sites for hydroxylation is 1. The quantitative estimate of drug-likeness (QED) is 0.662. The van der Waals surface area contributed by atoms with Gasteiger partial charge in [0.2, 0.25) is 0 Å². The Balaban J connectivity index is 2.42. The second-order valence-electron chi connectivity index (χ2n) is 4.12. The third kappa shape index (κ3) is 2.52. The van der Waals surface area contributed by atoms with Gasteiger partial charge in [0.1, 0.15) is 0 Å². The SMILES string of the molecule is Cc1cc(C(N)c2cccnc2)cc([N+](=O)[O-])c1. The number of non-ortho nitro benzene ring substituents is 1. The van der Waals surface area contributed by atoms with E-state index in [9.17, 15) is 10.1 Å². The Morgan fingerprint density at radius 3 is 2.72 bits per heavy atom. The van der Waals surface area contributed by atoms with Gasteiger partial charge in [0.25, 0.3) is 5.69 Å². The Bertz CT molecular complexity index is 570. The maximum Gasteiger partial charge on any atom is 0.270 e. The van der Waals surface area contributed by atoms with Crippen LogP contribution in [0.2, 0.25) is 0 Å². The fourth-order valence-corrected chi connectivity index (χ4v) is 1.83. The summed E-state index contributed by atoms with van der Waals surface area (Å²) in [6, 6.07) is 8.12. The molecule has 2 aromatic rings. The summed E-state index contributed by atoms with van der Waals surface area (Å²) in [4.78, 5) is 14.4. The number of benzene rings is 1. The van der Waals surface area contributed by atoms with Crippen LogP contribution in [0.5, 0.6) is 0 Å². The molecule has 0 aliphatic carbocycles. The van der Waals surface area contributed by atoms with Crippen LogP contribution < -0.4 is 5.73 Å². The lowest BCUT2D eigenvalue weighted by Crippen LogP contribution is -2.12. The maximum absolute atomic E-state index is 10.8. The first kappa shape index (κ1) is 12.2. The van der Waals surface area contributed by atoms with E-state index >= 15 is 0 Å². The molecule has 2 N–H and O–H groups in total. The molecule has 0 bridgehead atoms. The van der Waals surface area contributed by atoms with E-state index in [0.717, 1.165) is 16.7 Å². The minimum atomic E-state index is -0.410. The summed E-state index contributed by atoms with van der Waals surface area (Å²) in [5.41, 5.74) is 8.52. The second-order valence-corrected chi connectivity index (χ2v) is 4.12. The lowest BCUT2D eigenvalue weighted by Gasteiger charge is -2.12. The average molecular weight is 243 g/mol. The molecular weight excluding hydrogens is 230 g/mol. The molecule has 5 nitrogen and oxygen atoms in total. The Kier molecular flexibility index (Phi) is 3.34. The number of nitro benzene ring substituents is 1. The van der Waals surface area contributed by atoms with Gasteiger partial charge in [0.05, 0.1) is 11.0 Å². The van der Waals surface area contributed by atoms with Crippen molar-refractivity contribution < 1.29 is 4.92 Å². The molecule has 0 aliphatic rings. The van der Waals surface area contributed by atoms with E-state index in [4.69, 9.17) is 5.73 Å². The summed E-state index contributed by atoms with van der Waals surface area (Å²) in [7, 11) is 0. The molecule has 0 fully saturated rings. The van der Waals surface area contributed by atoms with Gasteiger partial charge in [-0.2, -0.15) is 0 Å². The van der Waals surface area contributed by atoms with Gasteiger partial charge >= 0.3 is 0 Å². The van der Waals surface area contributed by atoms with E-state index in [-0.39, 0.29) is 5.69 Å². The minimum Gasteiger partial charge on any atom is -0.320 e. The normalized spacial score (nSPS) is 12.1. The summed E-state index contributed by atoms with van der Waals surface area (Å²) in [6.45, 7) is 1.81. The van der Waals surface area contributed by atoms with Crippen molar-refractivity contribution in [1.29, 1.82) is 0 Å². The smallest absolute Gasteiger partial charge is 0.270 e. The first-order valence-corrected chi connectivity index (χ1v) is 5.49. The van der Waals surface area contributed by atoms with Gasteiger partial charge in [0, 0.05) is 24.5 Å². The van der Waals surface area contributed by atoms with E-state index < -0.39 is 11.0 Å². The molecule has 18 heavy (non-hydrogen) atoms. The molecule has 5 heteroatoms. The number of aromatic nitrogens is 1. The number of nitrogens with two attached hydrogens (primary N) is 1. The Labute approximate surface area is 104 Å². The molecule has 0 saturated carbocycles. The summed E-state index contributed by atoms with van der Waals surface area (Å²) in [6.07, 6.45) is 3.33.